The second kappa shape index (κ2) is 6.48. The highest BCUT2D eigenvalue weighted by atomic mass is 32.2. The first-order chi connectivity index (χ1) is 9.86. The van der Waals surface area contributed by atoms with Crippen LogP contribution in [-0.4, -0.2) is 6.26 Å². The van der Waals surface area contributed by atoms with Crippen LogP contribution in [0, 0.1) is 0 Å². The summed E-state index contributed by atoms with van der Waals surface area (Å²) in [4.78, 5) is 4.00. The molecule has 0 amide bonds. The molecule has 2 aromatic heterocycles. The molecule has 0 saturated heterocycles. The summed E-state index contributed by atoms with van der Waals surface area (Å²) < 4.78 is 0. The predicted octanol–water partition coefficient (Wildman–Crippen LogP) is 5.81. The lowest BCUT2D eigenvalue weighted by Crippen LogP contribution is -1.98. The lowest BCUT2D eigenvalue weighted by atomic mass is 10.2. The average molecular weight is 318 g/mol. The number of para-hydroxylation sites is 1. The maximum Gasteiger partial charge on any atom is 0.0494 e. The monoisotopic (exact) mass is 317 g/mol. The molecule has 20 heavy (non-hydrogen) atoms. The van der Waals surface area contributed by atoms with Gasteiger partial charge in [-0.15, -0.1) is 34.4 Å². The third-order valence-electron chi connectivity index (χ3n) is 3.02. The van der Waals surface area contributed by atoms with Crippen molar-refractivity contribution in [3.05, 3.63) is 58.1 Å². The molecule has 0 fully saturated rings. The maximum absolute atomic E-state index is 3.53. The Labute approximate surface area is 131 Å². The van der Waals surface area contributed by atoms with E-state index >= 15 is 0 Å². The molecule has 0 aliphatic heterocycles. The molecule has 3 rings (SSSR count). The molecule has 0 radical (unpaired) electrons. The second-order valence-corrected chi connectivity index (χ2v) is 7.12. The Morgan fingerprint density at radius 2 is 2.00 bits per heavy atom. The van der Waals surface area contributed by atoms with Crippen LogP contribution in [0.1, 0.15) is 4.88 Å². The van der Waals surface area contributed by atoms with Crippen LogP contribution in [0.25, 0.3) is 10.4 Å². The predicted molar refractivity (Wildman–Crippen MR) is 93.2 cm³/mol. The number of thioether (sulfide) groups is 1. The van der Waals surface area contributed by atoms with Gasteiger partial charge in [0.1, 0.15) is 0 Å². The molecular formula is C16H15NS3. The summed E-state index contributed by atoms with van der Waals surface area (Å²) in [6.07, 6.45) is 2.11. The van der Waals surface area contributed by atoms with Gasteiger partial charge in [0.15, 0.2) is 0 Å². The second-order valence-electron chi connectivity index (χ2n) is 4.33. The Balaban J connectivity index is 1.70. The van der Waals surface area contributed by atoms with Gasteiger partial charge in [-0.1, -0.05) is 18.2 Å². The zero-order valence-electron chi connectivity index (χ0n) is 11.1. The third-order valence-corrected chi connectivity index (χ3v) is 5.67. The summed E-state index contributed by atoms with van der Waals surface area (Å²) >= 11 is 5.39. The van der Waals surface area contributed by atoms with Crippen molar-refractivity contribution in [2.75, 3.05) is 11.6 Å². The summed E-state index contributed by atoms with van der Waals surface area (Å²) in [5.74, 6) is 0. The fourth-order valence-corrected chi connectivity index (χ4v) is 4.21. The van der Waals surface area contributed by atoms with Gasteiger partial charge in [-0.2, -0.15) is 0 Å². The van der Waals surface area contributed by atoms with Crippen molar-refractivity contribution in [2.24, 2.45) is 0 Å². The minimum absolute atomic E-state index is 0.883. The third kappa shape index (κ3) is 3.08. The summed E-state index contributed by atoms with van der Waals surface area (Å²) in [6, 6.07) is 15.0. The Morgan fingerprint density at radius 3 is 2.80 bits per heavy atom. The largest absolute Gasteiger partial charge is 0.379 e. The molecule has 0 unspecified atom stereocenters. The molecule has 0 aliphatic rings. The highest BCUT2D eigenvalue weighted by molar-refractivity contribution is 7.98. The van der Waals surface area contributed by atoms with Gasteiger partial charge < -0.3 is 5.32 Å². The van der Waals surface area contributed by atoms with Gasteiger partial charge in [-0.25, -0.2) is 0 Å². The average Bonchev–Trinajstić information content (AvgIpc) is 3.16. The van der Waals surface area contributed by atoms with Gasteiger partial charge in [-0.05, 0) is 41.3 Å². The summed E-state index contributed by atoms with van der Waals surface area (Å²) in [6.45, 7) is 0.883. The van der Waals surface area contributed by atoms with Crippen LogP contribution >= 0.6 is 34.4 Å². The van der Waals surface area contributed by atoms with Gasteiger partial charge in [-0.3, -0.25) is 0 Å². The minimum atomic E-state index is 0.883. The van der Waals surface area contributed by atoms with E-state index < -0.39 is 0 Å². The highest BCUT2D eigenvalue weighted by Gasteiger charge is 2.04. The quantitative estimate of drug-likeness (QED) is 0.596. The van der Waals surface area contributed by atoms with Gasteiger partial charge in [0.25, 0.3) is 0 Å². The lowest BCUT2D eigenvalue weighted by Gasteiger charge is -2.08. The van der Waals surface area contributed by atoms with Crippen LogP contribution in [0.5, 0.6) is 0 Å². The van der Waals surface area contributed by atoms with E-state index in [2.05, 4.69) is 64.8 Å². The van der Waals surface area contributed by atoms with Crippen molar-refractivity contribution >= 4 is 40.1 Å². The molecule has 0 bridgehead atoms. The smallest absolute Gasteiger partial charge is 0.0494 e. The van der Waals surface area contributed by atoms with Crippen LogP contribution < -0.4 is 5.32 Å². The van der Waals surface area contributed by atoms with E-state index in [9.17, 15) is 0 Å². The fraction of sp³-hybridized carbons (Fsp3) is 0.125. The van der Waals surface area contributed by atoms with E-state index in [4.69, 9.17) is 0 Å². The van der Waals surface area contributed by atoms with E-state index in [1.54, 1.807) is 23.1 Å². The van der Waals surface area contributed by atoms with E-state index in [1.165, 1.54) is 25.9 Å². The molecule has 3 aromatic rings. The minimum Gasteiger partial charge on any atom is -0.379 e. The number of benzene rings is 1. The molecule has 2 heterocycles. The first-order valence-electron chi connectivity index (χ1n) is 6.35. The molecule has 0 aliphatic carbocycles. The number of hydrogen-bond donors (Lipinski definition) is 1. The van der Waals surface area contributed by atoms with Crippen molar-refractivity contribution in [2.45, 2.75) is 11.4 Å². The summed E-state index contributed by atoms with van der Waals surface area (Å²) in [5.41, 5.74) is 2.55. The van der Waals surface area contributed by atoms with Gasteiger partial charge in [0, 0.05) is 32.4 Å². The van der Waals surface area contributed by atoms with Gasteiger partial charge >= 0.3 is 0 Å². The van der Waals surface area contributed by atoms with Crippen molar-refractivity contribution < 1.29 is 0 Å². The van der Waals surface area contributed by atoms with Crippen molar-refractivity contribution in [3.63, 3.8) is 0 Å². The maximum atomic E-state index is 3.53. The number of rotatable bonds is 5. The number of hydrogen-bond acceptors (Lipinski definition) is 4. The molecule has 0 atom stereocenters. The standard InChI is InChI=1S/C16H15NS3/c1-18-16-6-3-2-5-14(16)17-10-13-9-12(11-20-13)15-7-4-8-19-15/h2-9,11,17H,10H2,1H3. The number of anilines is 1. The first-order valence-corrected chi connectivity index (χ1v) is 9.33. The number of nitrogens with one attached hydrogen (secondary N) is 1. The lowest BCUT2D eigenvalue weighted by molar-refractivity contribution is 1.17. The van der Waals surface area contributed by atoms with Crippen LogP contribution in [0.2, 0.25) is 0 Å². The Hall–Kier alpha value is -1.23. The number of thiophene rings is 2. The van der Waals surface area contributed by atoms with Gasteiger partial charge in [0.05, 0.1) is 0 Å². The van der Waals surface area contributed by atoms with Crippen LogP contribution in [-0.2, 0) is 6.54 Å². The molecule has 1 nitrogen and oxygen atoms in total. The highest BCUT2D eigenvalue weighted by Crippen LogP contribution is 2.30. The Kier molecular flexibility index (Phi) is 4.45. The van der Waals surface area contributed by atoms with E-state index in [1.807, 2.05) is 11.3 Å². The normalized spacial score (nSPS) is 10.7. The van der Waals surface area contributed by atoms with Crippen molar-refractivity contribution in [3.8, 4) is 10.4 Å². The molecule has 1 N–H and O–H groups in total. The van der Waals surface area contributed by atoms with E-state index in [0.29, 0.717) is 0 Å². The van der Waals surface area contributed by atoms with Gasteiger partial charge in [0.2, 0.25) is 0 Å². The van der Waals surface area contributed by atoms with Crippen molar-refractivity contribution in [1.82, 2.24) is 0 Å². The summed E-state index contributed by atoms with van der Waals surface area (Å²) in [7, 11) is 0. The molecule has 1 aromatic carbocycles. The first kappa shape index (κ1) is 13.7. The SMILES string of the molecule is CSc1ccccc1NCc1cc(-c2cccs2)cs1. The van der Waals surface area contributed by atoms with E-state index in [-0.39, 0.29) is 0 Å². The Bertz CT molecular complexity index is 671. The zero-order chi connectivity index (χ0) is 13.8. The van der Waals surface area contributed by atoms with Crippen LogP contribution in [0.3, 0.4) is 0 Å². The molecule has 0 saturated carbocycles. The van der Waals surface area contributed by atoms with Crippen LogP contribution in [0.4, 0.5) is 5.69 Å². The molecule has 102 valence electrons. The zero-order valence-corrected chi connectivity index (χ0v) is 13.6. The summed E-state index contributed by atoms with van der Waals surface area (Å²) in [5, 5.41) is 7.90. The van der Waals surface area contributed by atoms with Crippen molar-refractivity contribution in [1.29, 1.82) is 0 Å². The Morgan fingerprint density at radius 1 is 1.10 bits per heavy atom. The van der Waals surface area contributed by atoms with E-state index in [0.717, 1.165) is 6.54 Å². The molecule has 4 heteroatoms. The fourth-order valence-electron chi connectivity index (χ4n) is 2.02. The topological polar surface area (TPSA) is 12.0 Å². The molecule has 0 spiro atoms. The molecular weight excluding hydrogens is 302 g/mol. The van der Waals surface area contributed by atoms with Crippen LogP contribution in [0.15, 0.2) is 58.1 Å².